The molecule has 8 heteroatoms. The molecular weight excluding hydrogens is 311 g/mol. The molecule has 0 spiro atoms. The van der Waals surface area contributed by atoms with Crippen LogP contribution in [0.25, 0.3) is 0 Å². The second kappa shape index (κ2) is 5.93. The van der Waals surface area contributed by atoms with Crippen LogP contribution in [0.1, 0.15) is 19.8 Å². The molecule has 1 N–H and O–H groups in total. The van der Waals surface area contributed by atoms with Crippen LogP contribution in [0.2, 0.25) is 10.2 Å². The van der Waals surface area contributed by atoms with Gasteiger partial charge in [0.1, 0.15) is 10.0 Å². The van der Waals surface area contributed by atoms with E-state index in [1.165, 1.54) is 12.3 Å². The Hall–Kier alpha value is -0.400. The van der Waals surface area contributed by atoms with Gasteiger partial charge in [0, 0.05) is 18.8 Å². The lowest BCUT2D eigenvalue weighted by atomic mass is 9.90. The SMILES string of the molecule is CCOC1CC(NS(=O)(=O)c2cnc(Cl)c(Cl)c2)C1. The molecule has 2 rings (SSSR count). The summed E-state index contributed by atoms with van der Waals surface area (Å²) < 4.78 is 32.1. The van der Waals surface area contributed by atoms with Crippen LogP contribution in [0, 0.1) is 0 Å². The molecule has 1 aromatic heterocycles. The minimum Gasteiger partial charge on any atom is -0.378 e. The monoisotopic (exact) mass is 324 g/mol. The minimum absolute atomic E-state index is 0.0155. The van der Waals surface area contributed by atoms with Gasteiger partial charge in [0.15, 0.2) is 0 Å². The molecule has 0 amide bonds. The van der Waals surface area contributed by atoms with Gasteiger partial charge in [0.2, 0.25) is 10.0 Å². The number of ether oxygens (including phenoxy) is 1. The Kier molecular flexibility index (Phi) is 4.68. The lowest BCUT2D eigenvalue weighted by Gasteiger charge is -2.35. The van der Waals surface area contributed by atoms with E-state index >= 15 is 0 Å². The van der Waals surface area contributed by atoms with Crippen LogP contribution in [0.4, 0.5) is 0 Å². The van der Waals surface area contributed by atoms with Crippen molar-refractivity contribution < 1.29 is 13.2 Å². The number of hydrogen-bond donors (Lipinski definition) is 1. The molecule has 19 heavy (non-hydrogen) atoms. The van der Waals surface area contributed by atoms with E-state index in [0.29, 0.717) is 19.4 Å². The Balaban J connectivity index is 2.01. The fraction of sp³-hybridized carbons (Fsp3) is 0.545. The Morgan fingerprint density at radius 1 is 1.47 bits per heavy atom. The van der Waals surface area contributed by atoms with Crippen LogP contribution in [-0.2, 0) is 14.8 Å². The van der Waals surface area contributed by atoms with E-state index in [1.807, 2.05) is 6.92 Å². The van der Waals surface area contributed by atoms with E-state index in [0.717, 1.165) is 0 Å². The third-order valence-electron chi connectivity index (χ3n) is 2.90. The van der Waals surface area contributed by atoms with E-state index in [4.69, 9.17) is 27.9 Å². The molecule has 0 atom stereocenters. The molecule has 106 valence electrons. The first-order valence-corrected chi connectivity index (χ1v) is 8.11. The molecule has 1 heterocycles. The zero-order chi connectivity index (χ0) is 14.0. The van der Waals surface area contributed by atoms with E-state index in [-0.39, 0.29) is 27.2 Å². The average molecular weight is 325 g/mol. The molecule has 0 unspecified atom stereocenters. The van der Waals surface area contributed by atoms with Gasteiger partial charge < -0.3 is 4.74 Å². The van der Waals surface area contributed by atoms with Crippen molar-refractivity contribution in [1.82, 2.24) is 9.71 Å². The Morgan fingerprint density at radius 3 is 2.74 bits per heavy atom. The number of aromatic nitrogens is 1. The predicted molar refractivity (Wildman–Crippen MR) is 73.0 cm³/mol. The van der Waals surface area contributed by atoms with Crippen LogP contribution in [-0.4, -0.2) is 32.2 Å². The van der Waals surface area contributed by atoms with Crippen molar-refractivity contribution >= 4 is 33.2 Å². The maximum atomic E-state index is 12.1. The summed E-state index contributed by atoms with van der Waals surface area (Å²) in [4.78, 5) is 3.75. The second-order valence-corrected chi connectivity index (χ2v) is 6.79. The van der Waals surface area contributed by atoms with Gasteiger partial charge in [0.05, 0.1) is 11.1 Å². The topological polar surface area (TPSA) is 68.3 Å². The van der Waals surface area contributed by atoms with Crippen LogP contribution < -0.4 is 4.72 Å². The first-order valence-electron chi connectivity index (χ1n) is 5.87. The first-order chi connectivity index (χ1) is 8.92. The Morgan fingerprint density at radius 2 is 2.16 bits per heavy atom. The van der Waals surface area contributed by atoms with Crippen molar-refractivity contribution in [3.05, 3.63) is 22.4 Å². The van der Waals surface area contributed by atoms with Crippen molar-refractivity contribution in [1.29, 1.82) is 0 Å². The van der Waals surface area contributed by atoms with E-state index in [2.05, 4.69) is 9.71 Å². The van der Waals surface area contributed by atoms with Gasteiger partial charge in [-0.15, -0.1) is 0 Å². The van der Waals surface area contributed by atoms with Crippen LogP contribution in [0.3, 0.4) is 0 Å². The highest BCUT2D eigenvalue weighted by atomic mass is 35.5. The van der Waals surface area contributed by atoms with E-state index < -0.39 is 10.0 Å². The molecule has 1 aliphatic carbocycles. The van der Waals surface area contributed by atoms with Gasteiger partial charge in [-0.05, 0) is 25.8 Å². The smallest absolute Gasteiger partial charge is 0.242 e. The van der Waals surface area contributed by atoms with Gasteiger partial charge in [-0.25, -0.2) is 18.1 Å². The quantitative estimate of drug-likeness (QED) is 0.843. The van der Waals surface area contributed by atoms with Crippen LogP contribution in [0.5, 0.6) is 0 Å². The summed E-state index contributed by atoms with van der Waals surface area (Å²) in [5, 5.41) is 0.200. The van der Waals surface area contributed by atoms with Crippen molar-refractivity contribution in [3.63, 3.8) is 0 Å². The number of nitrogens with zero attached hydrogens (tertiary/aromatic N) is 1. The number of halogens is 2. The molecular formula is C11H14Cl2N2O3S. The third-order valence-corrected chi connectivity index (χ3v) is 5.07. The van der Waals surface area contributed by atoms with Crippen molar-refractivity contribution in [3.8, 4) is 0 Å². The van der Waals surface area contributed by atoms with Crippen molar-refractivity contribution in [2.75, 3.05) is 6.61 Å². The number of pyridine rings is 1. The lowest BCUT2D eigenvalue weighted by molar-refractivity contribution is -0.00475. The van der Waals surface area contributed by atoms with Crippen molar-refractivity contribution in [2.24, 2.45) is 0 Å². The molecule has 1 fully saturated rings. The Bertz CT molecular complexity index is 559. The zero-order valence-electron chi connectivity index (χ0n) is 10.3. The molecule has 0 bridgehead atoms. The highest BCUT2D eigenvalue weighted by Crippen LogP contribution is 2.26. The largest absolute Gasteiger partial charge is 0.378 e. The summed E-state index contributed by atoms with van der Waals surface area (Å²) in [6.45, 7) is 2.56. The number of hydrogen-bond acceptors (Lipinski definition) is 4. The third kappa shape index (κ3) is 3.58. The van der Waals surface area contributed by atoms with E-state index in [1.54, 1.807) is 0 Å². The summed E-state index contributed by atoms with van der Waals surface area (Å²) in [5.41, 5.74) is 0. The van der Waals surface area contributed by atoms with Gasteiger partial charge >= 0.3 is 0 Å². The highest BCUT2D eigenvalue weighted by Gasteiger charge is 2.33. The lowest BCUT2D eigenvalue weighted by Crippen LogP contribution is -2.47. The predicted octanol–water partition coefficient (Wildman–Crippen LogP) is 2.23. The molecule has 1 aliphatic rings. The summed E-state index contributed by atoms with van der Waals surface area (Å²) in [6.07, 6.45) is 2.70. The van der Waals surface area contributed by atoms with Gasteiger partial charge in [-0.3, -0.25) is 0 Å². The maximum absolute atomic E-state index is 12.1. The van der Waals surface area contributed by atoms with Gasteiger partial charge in [0.25, 0.3) is 0 Å². The first kappa shape index (κ1) is 15.0. The molecule has 0 aliphatic heterocycles. The molecule has 0 radical (unpaired) electrons. The normalized spacial score (nSPS) is 23.1. The average Bonchev–Trinajstić information content (AvgIpc) is 2.30. The second-order valence-electron chi connectivity index (χ2n) is 4.31. The maximum Gasteiger partial charge on any atom is 0.242 e. The van der Waals surface area contributed by atoms with Crippen molar-refractivity contribution in [2.45, 2.75) is 36.8 Å². The fourth-order valence-corrected chi connectivity index (χ4v) is 3.44. The fourth-order valence-electron chi connectivity index (χ4n) is 1.87. The van der Waals surface area contributed by atoms with E-state index in [9.17, 15) is 8.42 Å². The zero-order valence-corrected chi connectivity index (χ0v) is 12.6. The number of rotatable bonds is 5. The summed E-state index contributed by atoms with van der Waals surface area (Å²) in [5.74, 6) is 0. The number of sulfonamides is 1. The summed E-state index contributed by atoms with van der Waals surface area (Å²) in [6, 6.07) is 1.19. The minimum atomic E-state index is -3.61. The molecule has 5 nitrogen and oxygen atoms in total. The van der Waals surface area contributed by atoms with Gasteiger partial charge in [-0.1, -0.05) is 23.2 Å². The molecule has 1 aromatic rings. The molecule has 1 saturated carbocycles. The van der Waals surface area contributed by atoms with Gasteiger partial charge in [-0.2, -0.15) is 0 Å². The van der Waals surface area contributed by atoms with Crippen LogP contribution in [0.15, 0.2) is 17.2 Å². The molecule has 0 saturated heterocycles. The highest BCUT2D eigenvalue weighted by molar-refractivity contribution is 7.89. The standard InChI is InChI=1S/C11H14Cl2N2O3S/c1-2-18-8-3-7(4-8)15-19(16,17)9-5-10(12)11(13)14-6-9/h5-8,15H,2-4H2,1H3. The molecule has 0 aromatic carbocycles. The van der Waals surface area contributed by atoms with Crippen LogP contribution >= 0.6 is 23.2 Å². The summed E-state index contributed by atoms with van der Waals surface area (Å²) >= 11 is 11.4. The number of nitrogens with one attached hydrogen (secondary N) is 1. The Labute approximate surface area is 122 Å². The summed E-state index contributed by atoms with van der Waals surface area (Å²) in [7, 11) is -3.61.